The van der Waals surface area contributed by atoms with Gasteiger partial charge in [-0.05, 0) is 29.3 Å². The molecule has 0 saturated carbocycles. The first-order valence-corrected chi connectivity index (χ1v) is 7.06. The zero-order valence-electron chi connectivity index (χ0n) is 12.5. The summed E-state index contributed by atoms with van der Waals surface area (Å²) >= 11 is 0. The largest absolute Gasteiger partial charge is 0.428 e. The fourth-order valence-electron chi connectivity index (χ4n) is 2.48. The second-order valence-electron chi connectivity index (χ2n) is 5.06. The van der Waals surface area contributed by atoms with Crippen molar-refractivity contribution in [2.75, 3.05) is 0 Å². The van der Waals surface area contributed by atoms with Crippen LogP contribution in [0.4, 0.5) is 0 Å². The highest BCUT2D eigenvalue weighted by molar-refractivity contribution is 6.07. The molecule has 0 saturated heterocycles. The van der Waals surface area contributed by atoms with Crippen molar-refractivity contribution in [1.29, 1.82) is 0 Å². The molecule has 4 heteroatoms. The van der Waals surface area contributed by atoms with Gasteiger partial charge in [0.1, 0.15) is 11.5 Å². The Bertz CT molecular complexity index is 967. The summed E-state index contributed by atoms with van der Waals surface area (Å²) in [6.07, 6.45) is 1.74. The zero-order valence-corrected chi connectivity index (χ0v) is 12.5. The van der Waals surface area contributed by atoms with Gasteiger partial charge in [-0.25, -0.2) is 9.59 Å². The molecule has 0 bridgehead atoms. The number of aryl methyl sites for hydroxylation is 1. The Balaban J connectivity index is 2.04. The van der Waals surface area contributed by atoms with E-state index in [1.807, 2.05) is 30.3 Å². The van der Waals surface area contributed by atoms with Crippen LogP contribution in [0, 0.1) is 6.92 Å². The molecule has 0 aliphatic carbocycles. The highest BCUT2D eigenvalue weighted by Crippen LogP contribution is 2.25. The number of rotatable bonds is 3. The van der Waals surface area contributed by atoms with Gasteiger partial charge in [0.05, 0.1) is 11.6 Å². The molecule has 0 atom stereocenters. The van der Waals surface area contributed by atoms with Crippen LogP contribution in [0.25, 0.3) is 16.8 Å². The van der Waals surface area contributed by atoms with Crippen molar-refractivity contribution in [2.45, 2.75) is 6.92 Å². The lowest BCUT2D eigenvalue weighted by molar-refractivity contribution is 0.0735. The van der Waals surface area contributed by atoms with E-state index in [9.17, 15) is 9.59 Å². The summed E-state index contributed by atoms with van der Waals surface area (Å²) in [5.74, 6) is 0.0228. The Morgan fingerprint density at radius 3 is 2.57 bits per heavy atom. The van der Waals surface area contributed by atoms with Gasteiger partial charge in [0, 0.05) is 6.07 Å². The minimum atomic E-state index is -0.556. The molecule has 0 aliphatic heterocycles. The van der Waals surface area contributed by atoms with Crippen molar-refractivity contribution in [3.63, 3.8) is 0 Å². The molecular formula is C19H14O4. The van der Waals surface area contributed by atoms with Crippen LogP contribution in [0.1, 0.15) is 21.7 Å². The molecule has 0 aliphatic rings. The monoisotopic (exact) mass is 306 g/mol. The number of benzene rings is 2. The maximum atomic E-state index is 12.5. The highest BCUT2D eigenvalue weighted by atomic mass is 16.5. The van der Waals surface area contributed by atoms with Crippen molar-refractivity contribution in [1.82, 2.24) is 0 Å². The van der Waals surface area contributed by atoms with Gasteiger partial charge in [-0.3, -0.25) is 0 Å². The molecule has 3 aromatic rings. The van der Waals surface area contributed by atoms with Crippen molar-refractivity contribution >= 4 is 22.8 Å². The number of hydrogen-bond donors (Lipinski definition) is 0. The normalized spacial score (nSPS) is 10.5. The second kappa shape index (κ2) is 5.93. The highest BCUT2D eigenvalue weighted by Gasteiger charge is 2.14. The van der Waals surface area contributed by atoms with Gasteiger partial charge in [0.15, 0.2) is 0 Å². The first-order valence-electron chi connectivity index (χ1n) is 7.06. The SMILES string of the molecule is C=Cc1ccc(C(=O)Oc2cc(C)oc(=O)c2)c2ccccc12. The molecule has 114 valence electrons. The number of ether oxygens (including phenoxy) is 1. The van der Waals surface area contributed by atoms with Crippen LogP contribution in [-0.2, 0) is 0 Å². The van der Waals surface area contributed by atoms with E-state index in [-0.39, 0.29) is 5.75 Å². The minimum absolute atomic E-state index is 0.167. The summed E-state index contributed by atoms with van der Waals surface area (Å²) in [4.78, 5) is 23.8. The van der Waals surface area contributed by atoms with Crippen LogP contribution in [0.15, 0.2) is 64.3 Å². The Kier molecular flexibility index (Phi) is 3.81. The van der Waals surface area contributed by atoms with Crippen molar-refractivity contribution in [3.05, 3.63) is 82.4 Å². The molecule has 0 N–H and O–H groups in total. The van der Waals surface area contributed by atoms with Crippen LogP contribution in [-0.4, -0.2) is 5.97 Å². The third-order valence-electron chi connectivity index (χ3n) is 3.48. The summed E-state index contributed by atoms with van der Waals surface area (Å²) in [6.45, 7) is 5.40. The molecule has 0 spiro atoms. The van der Waals surface area contributed by atoms with Gasteiger partial charge in [0.25, 0.3) is 0 Å². The van der Waals surface area contributed by atoms with Crippen LogP contribution >= 0.6 is 0 Å². The van der Waals surface area contributed by atoms with E-state index in [0.29, 0.717) is 11.3 Å². The third kappa shape index (κ3) is 2.92. The van der Waals surface area contributed by atoms with E-state index in [2.05, 4.69) is 6.58 Å². The molecular weight excluding hydrogens is 292 g/mol. The van der Waals surface area contributed by atoms with Crippen LogP contribution in [0.5, 0.6) is 5.75 Å². The van der Waals surface area contributed by atoms with Gasteiger partial charge in [-0.1, -0.05) is 43.0 Å². The third-order valence-corrected chi connectivity index (χ3v) is 3.48. The minimum Gasteiger partial charge on any atom is -0.428 e. The summed E-state index contributed by atoms with van der Waals surface area (Å²) in [6, 6.07) is 13.7. The van der Waals surface area contributed by atoms with Crippen LogP contribution in [0.2, 0.25) is 0 Å². The predicted molar refractivity (Wildman–Crippen MR) is 88.7 cm³/mol. The molecule has 0 fully saturated rings. The molecule has 1 heterocycles. The molecule has 0 amide bonds. The fourth-order valence-corrected chi connectivity index (χ4v) is 2.48. The Morgan fingerprint density at radius 2 is 1.87 bits per heavy atom. The van der Waals surface area contributed by atoms with Crippen LogP contribution < -0.4 is 10.4 Å². The molecule has 2 aromatic carbocycles. The number of carbonyl (C=O) groups is 1. The lowest BCUT2D eigenvalue weighted by Crippen LogP contribution is -2.11. The van der Waals surface area contributed by atoms with E-state index in [1.54, 1.807) is 19.1 Å². The summed E-state index contributed by atoms with van der Waals surface area (Å²) in [5.41, 5.74) is 0.810. The maximum absolute atomic E-state index is 12.5. The number of fused-ring (bicyclic) bond motifs is 1. The van der Waals surface area contributed by atoms with E-state index in [0.717, 1.165) is 22.4 Å². The molecule has 1 aromatic heterocycles. The molecule has 0 radical (unpaired) electrons. The first kappa shape index (κ1) is 14.8. The van der Waals surface area contributed by atoms with Crippen molar-refractivity contribution in [3.8, 4) is 5.75 Å². The number of carbonyl (C=O) groups excluding carboxylic acids is 1. The zero-order chi connectivity index (χ0) is 16.4. The van der Waals surface area contributed by atoms with Gasteiger partial charge in [0.2, 0.25) is 0 Å². The van der Waals surface area contributed by atoms with Gasteiger partial charge in [-0.2, -0.15) is 0 Å². The lowest BCUT2D eigenvalue weighted by Gasteiger charge is -2.09. The van der Waals surface area contributed by atoms with E-state index in [4.69, 9.17) is 9.15 Å². The summed E-state index contributed by atoms with van der Waals surface area (Å²) < 4.78 is 10.2. The lowest BCUT2D eigenvalue weighted by atomic mass is 9.99. The first-order chi connectivity index (χ1) is 11.1. The maximum Gasteiger partial charge on any atom is 0.344 e. The van der Waals surface area contributed by atoms with Crippen molar-refractivity contribution in [2.24, 2.45) is 0 Å². The van der Waals surface area contributed by atoms with Crippen LogP contribution in [0.3, 0.4) is 0 Å². The summed E-state index contributed by atoms with van der Waals surface area (Å²) in [5, 5.41) is 1.69. The Morgan fingerprint density at radius 1 is 1.13 bits per heavy atom. The topological polar surface area (TPSA) is 56.5 Å². The smallest absolute Gasteiger partial charge is 0.344 e. The molecule has 4 nitrogen and oxygen atoms in total. The number of hydrogen-bond acceptors (Lipinski definition) is 4. The summed E-state index contributed by atoms with van der Waals surface area (Å²) in [7, 11) is 0. The standard InChI is InChI=1S/C19H14O4/c1-3-13-8-9-17(16-7-5-4-6-15(13)16)19(21)23-14-10-12(2)22-18(20)11-14/h3-11H,1H2,2H3. The number of esters is 1. The predicted octanol–water partition coefficient (Wildman–Crippen LogP) is 3.96. The van der Waals surface area contributed by atoms with E-state index < -0.39 is 11.6 Å². The van der Waals surface area contributed by atoms with Crippen molar-refractivity contribution < 1.29 is 13.9 Å². The van der Waals surface area contributed by atoms with E-state index >= 15 is 0 Å². The van der Waals surface area contributed by atoms with Gasteiger partial charge >= 0.3 is 11.6 Å². The fraction of sp³-hybridized carbons (Fsp3) is 0.0526. The Labute approximate surface area is 132 Å². The van der Waals surface area contributed by atoms with Gasteiger partial charge in [-0.15, -0.1) is 0 Å². The average Bonchev–Trinajstić information content (AvgIpc) is 2.52. The van der Waals surface area contributed by atoms with Gasteiger partial charge < -0.3 is 9.15 Å². The molecule has 3 rings (SSSR count). The van der Waals surface area contributed by atoms with E-state index in [1.165, 1.54) is 6.07 Å². The quantitative estimate of drug-likeness (QED) is 0.687. The molecule has 23 heavy (non-hydrogen) atoms. The molecule has 0 unspecified atom stereocenters. The average molecular weight is 306 g/mol. The Hall–Kier alpha value is -3.14. The second-order valence-corrected chi connectivity index (χ2v) is 5.06.